The lowest BCUT2D eigenvalue weighted by atomic mass is 9.92. The lowest BCUT2D eigenvalue weighted by molar-refractivity contribution is -0.131. The van der Waals surface area contributed by atoms with Crippen LogP contribution in [0, 0.1) is 17.2 Å². The fraction of sp³-hybridized carbons (Fsp3) is 0.448. The van der Waals surface area contributed by atoms with Gasteiger partial charge in [0.05, 0.1) is 36.0 Å². The van der Waals surface area contributed by atoms with Gasteiger partial charge in [-0.1, -0.05) is 6.92 Å². The molecule has 3 heterocycles. The molecule has 2 aromatic heterocycles. The third kappa shape index (κ3) is 6.72. The molecular weight excluding hydrogens is 552 g/mol. The molecule has 1 aliphatic heterocycles. The van der Waals surface area contributed by atoms with Crippen molar-refractivity contribution in [2.75, 3.05) is 70.4 Å². The Labute approximate surface area is 250 Å². The first-order valence-electron chi connectivity index (χ1n) is 14.0. The Balaban J connectivity index is 1.42. The number of hydrogen-bond donors (Lipinski definition) is 2. The molecule has 3 N–H and O–H groups in total. The number of fused-ring (bicyclic) bond motifs is 1. The van der Waals surface area contributed by atoms with E-state index < -0.39 is 0 Å². The summed E-state index contributed by atoms with van der Waals surface area (Å²) in [5, 5.41) is 12.4. The summed E-state index contributed by atoms with van der Waals surface area (Å²) in [5.41, 5.74) is 7.30. The first-order chi connectivity index (χ1) is 20.5. The van der Waals surface area contributed by atoms with Crippen molar-refractivity contribution >= 4 is 46.2 Å². The highest BCUT2D eigenvalue weighted by atomic mass is 16.5. The van der Waals surface area contributed by atoms with Crippen LogP contribution in [0.2, 0.25) is 0 Å². The summed E-state index contributed by atoms with van der Waals surface area (Å²) in [6.07, 6.45) is 3.75. The zero-order valence-corrected chi connectivity index (χ0v) is 25.1. The van der Waals surface area contributed by atoms with Gasteiger partial charge in [0, 0.05) is 59.6 Å². The maximum atomic E-state index is 13.4. The van der Waals surface area contributed by atoms with Gasteiger partial charge in [0.2, 0.25) is 5.91 Å². The van der Waals surface area contributed by atoms with Crippen LogP contribution in [0.4, 0.5) is 26.8 Å². The van der Waals surface area contributed by atoms with Crippen molar-refractivity contribution < 1.29 is 19.1 Å². The number of carbonyl (C=O) groups excluding carboxylic acids is 3. The number of aromatic nitrogens is 3. The number of nitrogens with two attached hydrogens (primary N) is 1. The number of nitrogen functional groups attached to an aromatic ring is 1. The van der Waals surface area contributed by atoms with Gasteiger partial charge in [-0.3, -0.25) is 9.36 Å². The van der Waals surface area contributed by atoms with Crippen molar-refractivity contribution in [3.05, 3.63) is 36.8 Å². The molecule has 0 unspecified atom stereocenters. The lowest BCUT2D eigenvalue weighted by Gasteiger charge is -2.42. The second-order valence-corrected chi connectivity index (χ2v) is 10.7. The van der Waals surface area contributed by atoms with Crippen LogP contribution in [0.25, 0.3) is 11.0 Å². The Morgan fingerprint density at radius 1 is 1.16 bits per heavy atom. The molecule has 43 heavy (non-hydrogen) atoms. The standard InChI is InChI=1S/C29H38N10O4/c1-19-9-12-38(25(40)8-11-30)17-24(19)37(4)26-21-10-13-39(27(21)33-18-32-26)29(42)36(3)15-14-35(2)28(41)34-23-7-6-20(43-5)16-22(23)31/h6-7,10,13,16,18-19,24H,8-9,12,14-15,17,31H2,1-5H3,(H,34,41)/t19-,24+/m1/s1. The second kappa shape index (κ2) is 13.3. The van der Waals surface area contributed by atoms with Crippen LogP contribution in [0.1, 0.15) is 19.8 Å². The summed E-state index contributed by atoms with van der Waals surface area (Å²) in [6, 6.07) is 8.04. The van der Waals surface area contributed by atoms with E-state index in [9.17, 15) is 14.4 Å². The van der Waals surface area contributed by atoms with Crippen LogP contribution < -0.4 is 20.7 Å². The van der Waals surface area contributed by atoms with Gasteiger partial charge >= 0.3 is 12.1 Å². The Hall–Kier alpha value is -5.06. The number of nitrogens with one attached hydrogen (secondary N) is 1. The van der Waals surface area contributed by atoms with E-state index in [1.165, 1.54) is 27.8 Å². The molecular formula is C29H38N10O4. The second-order valence-electron chi connectivity index (χ2n) is 10.7. The SMILES string of the molecule is COc1ccc(NC(=O)N(C)CCN(C)C(=O)n2ccc3c(N(C)[C@H]4CN(C(=O)CC#N)CC[C@H]4C)ncnc32)c(N)c1. The summed E-state index contributed by atoms with van der Waals surface area (Å²) >= 11 is 0. The topological polar surface area (TPSA) is 166 Å². The summed E-state index contributed by atoms with van der Waals surface area (Å²) < 4.78 is 6.60. The molecule has 14 nitrogen and oxygen atoms in total. The van der Waals surface area contributed by atoms with E-state index in [4.69, 9.17) is 15.7 Å². The zero-order chi connectivity index (χ0) is 31.3. The highest BCUT2D eigenvalue weighted by Gasteiger charge is 2.33. The molecule has 1 aliphatic rings. The normalized spacial score (nSPS) is 16.3. The average Bonchev–Trinajstić information content (AvgIpc) is 3.44. The number of ether oxygens (including phenoxy) is 1. The number of carbonyl (C=O) groups is 3. The van der Waals surface area contributed by atoms with E-state index in [-0.39, 0.29) is 49.4 Å². The van der Waals surface area contributed by atoms with Crippen molar-refractivity contribution in [3.63, 3.8) is 0 Å². The van der Waals surface area contributed by atoms with E-state index in [0.717, 1.165) is 6.42 Å². The zero-order valence-electron chi connectivity index (χ0n) is 25.1. The minimum absolute atomic E-state index is 0.0221. The van der Waals surface area contributed by atoms with E-state index in [1.54, 1.807) is 49.5 Å². The molecule has 2 atom stereocenters. The number of rotatable bonds is 8. The molecule has 1 aromatic carbocycles. The lowest BCUT2D eigenvalue weighted by Crippen LogP contribution is -2.52. The van der Waals surface area contributed by atoms with Crippen molar-refractivity contribution in [3.8, 4) is 11.8 Å². The molecule has 0 aliphatic carbocycles. The predicted octanol–water partition coefficient (Wildman–Crippen LogP) is 2.67. The fourth-order valence-corrected chi connectivity index (χ4v) is 5.16. The van der Waals surface area contributed by atoms with Gasteiger partial charge in [0.1, 0.15) is 24.3 Å². The van der Waals surface area contributed by atoms with Gasteiger partial charge in [-0.2, -0.15) is 5.26 Å². The van der Waals surface area contributed by atoms with Crippen LogP contribution in [0.3, 0.4) is 0 Å². The van der Waals surface area contributed by atoms with Crippen LogP contribution in [0.15, 0.2) is 36.8 Å². The van der Waals surface area contributed by atoms with Gasteiger partial charge in [0.25, 0.3) is 0 Å². The predicted molar refractivity (Wildman–Crippen MR) is 163 cm³/mol. The smallest absolute Gasteiger partial charge is 0.329 e. The molecule has 0 saturated carbocycles. The minimum Gasteiger partial charge on any atom is -0.497 e. The number of likely N-dealkylation sites (tertiary alicyclic amines) is 1. The van der Waals surface area contributed by atoms with Crippen molar-refractivity contribution in [1.29, 1.82) is 5.26 Å². The number of hydrogen-bond acceptors (Lipinski definition) is 9. The van der Waals surface area contributed by atoms with E-state index in [0.29, 0.717) is 47.1 Å². The number of nitrogens with zero attached hydrogens (tertiary/aromatic N) is 8. The number of anilines is 3. The number of likely N-dealkylation sites (N-methyl/N-ethyl adjacent to an activating group) is 3. The molecule has 3 aromatic rings. The highest BCUT2D eigenvalue weighted by molar-refractivity contribution is 5.95. The molecule has 4 amide bonds. The average molecular weight is 591 g/mol. The maximum Gasteiger partial charge on any atom is 0.329 e. The number of nitriles is 1. The Morgan fingerprint density at radius 2 is 1.91 bits per heavy atom. The summed E-state index contributed by atoms with van der Waals surface area (Å²) in [4.78, 5) is 54.2. The van der Waals surface area contributed by atoms with Crippen molar-refractivity contribution in [1.82, 2.24) is 29.2 Å². The molecule has 228 valence electrons. The third-order valence-electron chi connectivity index (χ3n) is 7.94. The third-order valence-corrected chi connectivity index (χ3v) is 7.94. The first-order valence-corrected chi connectivity index (χ1v) is 14.0. The van der Waals surface area contributed by atoms with Gasteiger partial charge in [-0.15, -0.1) is 0 Å². The molecule has 1 saturated heterocycles. The first kappa shape index (κ1) is 30.9. The number of urea groups is 1. The van der Waals surface area contributed by atoms with Gasteiger partial charge in [-0.05, 0) is 30.5 Å². The molecule has 1 fully saturated rings. The summed E-state index contributed by atoms with van der Waals surface area (Å²) in [7, 11) is 6.75. The van der Waals surface area contributed by atoms with Crippen LogP contribution >= 0.6 is 0 Å². The highest BCUT2D eigenvalue weighted by Crippen LogP contribution is 2.30. The fourth-order valence-electron chi connectivity index (χ4n) is 5.16. The van der Waals surface area contributed by atoms with E-state index >= 15 is 0 Å². The van der Waals surface area contributed by atoms with Gasteiger partial charge in [0.15, 0.2) is 5.65 Å². The van der Waals surface area contributed by atoms with Crippen LogP contribution in [-0.2, 0) is 4.79 Å². The molecule has 4 rings (SSSR count). The van der Waals surface area contributed by atoms with Crippen LogP contribution in [-0.4, -0.2) is 108 Å². The van der Waals surface area contributed by atoms with Gasteiger partial charge < -0.3 is 35.4 Å². The number of amides is 4. The number of benzene rings is 1. The Kier molecular flexibility index (Phi) is 9.54. The monoisotopic (exact) mass is 590 g/mol. The van der Waals surface area contributed by atoms with Crippen molar-refractivity contribution in [2.45, 2.75) is 25.8 Å². The van der Waals surface area contributed by atoms with Crippen molar-refractivity contribution in [2.24, 2.45) is 5.92 Å². The summed E-state index contributed by atoms with van der Waals surface area (Å²) in [5.74, 6) is 1.35. The largest absolute Gasteiger partial charge is 0.497 e. The number of piperidine rings is 1. The molecule has 14 heteroatoms. The maximum absolute atomic E-state index is 13.4. The van der Waals surface area contributed by atoms with Crippen LogP contribution in [0.5, 0.6) is 5.75 Å². The quantitative estimate of drug-likeness (QED) is 0.375. The Bertz CT molecular complexity index is 1530. The van der Waals surface area contributed by atoms with E-state index in [2.05, 4.69) is 22.2 Å². The molecule has 0 spiro atoms. The minimum atomic E-state index is -0.366. The van der Waals surface area contributed by atoms with E-state index in [1.807, 2.05) is 18.0 Å². The summed E-state index contributed by atoms with van der Waals surface area (Å²) in [6.45, 7) is 3.78. The number of methoxy groups -OCH3 is 1. The molecule has 0 bridgehead atoms. The molecule has 0 radical (unpaired) electrons. The Morgan fingerprint density at radius 3 is 2.60 bits per heavy atom. The van der Waals surface area contributed by atoms with Gasteiger partial charge in [-0.25, -0.2) is 19.6 Å².